The fraction of sp³-hybridized carbons (Fsp3) is 0.500. The van der Waals surface area contributed by atoms with E-state index in [-0.39, 0.29) is 11.8 Å². The maximum absolute atomic E-state index is 12.1. The van der Waals surface area contributed by atoms with E-state index in [9.17, 15) is 4.79 Å². The molecule has 0 saturated carbocycles. The lowest BCUT2D eigenvalue weighted by Crippen LogP contribution is -2.22. The van der Waals surface area contributed by atoms with Gasteiger partial charge in [-0.05, 0) is 37.3 Å². The number of nitrogens with one attached hydrogen (secondary N) is 1. The average Bonchev–Trinajstić information content (AvgIpc) is 2.94. The molecule has 0 aliphatic carbocycles. The Morgan fingerprint density at radius 1 is 1.58 bits per heavy atom. The number of amides is 1. The van der Waals surface area contributed by atoms with Gasteiger partial charge in [-0.3, -0.25) is 4.79 Å². The first-order chi connectivity index (χ1) is 9.24. The highest BCUT2D eigenvalue weighted by molar-refractivity contribution is 9.08. The van der Waals surface area contributed by atoms with E-state index in [2.05, 4.69) is 21.2 Å². The number of rotatable bonds is 5. The molecule has 0 spiro atoms. The summed E-state index contributed by atoms with van der Waals surface area (Å²) < 4.78 is 5.54. The number of hydrogen-bond acceptors (Lipinski definition) is 3. The zero-order chi connectivity index (χ0) is 13.7. The van der Waals surface area contributed by atoms with Crippen LogP contribution < -0.4 is 10.1 Å². The molecule has 104 valence electrons. The van der Waals surface area contributed by atoms with Crippen LogP contribution in [-0.4, -0.2) is 24.0 Å². The highest BCUT2D eigenvalue weighted by Gasteiger charge is 2.23. The zero-order valence-electron chi connectivity index (χ0n) is 10.9. The van der Waals surface area contributed by atoms with Gasteiger partial charge in [0.2, 0.25) is 5.91 Å². The Morgan fingerprint density at radius 2 is 2.42 bits per heavy atom. The highest BCUT2D eigenvalue weighted by atomic mass is 79.9. The van der Waals surface area contributed by atoms with Gasteiger partial charge >= 0.3 is 0 Å². The number of alkyl halides is 1. The van der Waals surface area contributed by atoms with Crippen LogP contribution in [0.4, 0.5) is 5.69 Å². The number of thioether (sulfide) groups is 1. The third-order valence-corrected chi connectivity index (χ3v) is 4.84. The van der Waals surface area contributed by atoms with E-state index in [1.807, 2.05) is 36.9 Å². The standard InChI is InChI=1S/C14H18BrNO2S/c1-2-18-13-4-3-12(7-11(13)8-15)16-14(17)10-5-6-19-9-10/h3-4,7,10H,2,5-6,8-9H2,1H3,(H,16,17). The second-order valence-electron chi connectivity index (χ2n) is 4.44. The second-order valence-corrected chi connectivity index (χ2v) is 6.15. The molecule has 1 aliphatic heterocycles. The van der Waals surface area contributed by atoms with Crippen LogP contribution in [-0.2, 0) is 10.1 Å². The minimum atomic E-state index is 0.134. The Labute approximate surface area is 126 Å². The predicted molar refractivity (Wildman–Crippen MR) is 84.3 cm³/mol. The average molecular weight is 344 g/mol. The molecule has 1 heterocycles. The number of benzene rings is 1. The summed E-state index contributed by atoms with van der Waals surface area (Å²) in [6, 6.07) is 5.79. The normalized spacial score (nSPS) is 18.3. The van der Waals surface area contributed by atoms with Crippen LogP contribution in [0.15, 0.2) is 18.2 Å². The lowest BCUT2D eigenvalue weighted by Gasteiger charge is -2.13. The van der Waals surface area contributed by atoms with Gasteiger partial charge in [-0.1, -0.05) is 15.9 Å². The van der Waals surface area contributed by atoms with Crippen LogP contribution in [0.2, 0.25) is 0 Å². The number of anilines is 1. The largest absolute Gasteiger partial charge is 0.494 e. The Bertz CT molecular complexity index is 447. The van der Waals surface area contributed by atoms with E-state index in [4.69, 9.17) is 4.74 Å². The van der Waals surface area contributed by atoms with Gasteiger partial charge in [0, 0.05) is 28.3 Å². The van der Waals surface area contributed by atoms with Gasteiger partial charge in [0.05, 0.1) is 6.61 Å². The van der Waals surface area contributed by atoms with E-state index < -0.39 is 0 Å². The van der Waals surface area contributed by atoms with Crippen molar-refractivity contribution in [2.24, 2.45) is 5.92 Å². The first-order valence-corrected chi connectivity index (χ1v) is 8.72. The van der Waals surface area contributed by atoms with Crippen LogP contribution in [0.25, 0.3) is 0 Å². The van der Waals surface area contributed by atoms with Crippen molar-refractivity contribution < 1.29 is 9.53 Å². The van der Waals surface area contributed by atoms with E-state index in [1.54, 1.807) is 0 Å². The Morgan fingerprint density at radius 3 is 3.05 bits per heavy atom. The SMILES string of the molecule is CCOc1ccc(NC(=O)C2CCSC2)cc1CBr. The lowest BCUT2D eigenvalue weighted by molar-refractivity contribution is -0.119. The quantitative estimate of drug-likeness (QED) is 0.829. The third-order valence-electron chi connectivity index (χ3n) is 3.07. The molecular formula is C14H18BrNO2S. The molecule has 1 atom stereocenters. The number of ether oxygens (including phenoxy) is 1. The molecule has 0 radical (unpaired) electrons. The maximum Gasteiger partial charge on any atom is 0.228 e. The summed E-state index contributed by atoms with van der Waals surface area (Å²) in [7, 11) is 0. The molecule has 1 aromatic carbocycles. The monoisotopic (exact) mass is 343 g/mol. The molecule has 0 aromatic heterocycles. The van der Waals surface area contributed by atoms with Crippen LogP contribution in [0.5, 0.6) is 5.75 Å². The molecule has 1 fully saturated rings. The molecule has 1 aromatic rings. The van der Waals surface area contributed by atoms with Gasteiger partial charge in [0.15, 0.2) is 0 Å². The van der Waals surface area contributed by atoms with Gasteiger partial charge < -0.3 is 10.1 Å². The molecule has 0 bridgehead atoms. The summed E-state index contributed by atoms with van der Waals surface area (Å²) in [6.45, 7) is 2.61. The Kier molecular flexibility index (Phi) is 5.58. The van der Waals surface area contributed by atoms with Gasteiger partial charge in [0.1, 0.15) is 5.75 Å². The fourth-order valence-electron chi connectivity index (χ4n) is 2.04. The Hall–Kier alpha value is -0.680. The molecule has 1 N–H and O–H groups in total. The van der Waals surface area contributed by atoms with Crippen LogP contribution >= 0.6 is 27.7 Å². The third kappa shape index (κ3) is 3.89. The van der Waals surface area contributed by atoms with E-state index in [0.29, 0.717) is 11.9 Å². The summed E-state index contributed by atoms with van der Waals surface area (Å²) >= 11 is 5.30. The van der Waals surface area contributed by atoms with Crippen LogP contribution in [0.1, 0.15) is 18.9 Å². The van der Waals surface area contributed by atoms with Crippen molar-refractivity contribution in [2.45, 2.75) is 18.7 Å². The van der Waals surface area contributed by atoms with Gasteiger partial charge in [0.25, 0.3) is 0 Å². The van der Waals surface area contributed by atoms with Crippen molar-refractivity contribution in [1.82, 2.24) is 0 Å². The van der Waals surface area contributed by atoms with Crippen molar-refractivity contribution in [1.29, 1.82) is 0 Å². The molecule has 1 unspecified atom stereocenters. The van der Waals surface area contributed by atoms with E-state index in [1.165, 1.54) is 0 Å². The first kappa shape index (κ1) is 14.7. The number of carbonyl (C=O) groups is 1. The highest BCUT2D eigenvalue weighted by Crippen LogP contribution is 2.27. The lowest BCUT2D eigenvalue weighted by atomic mass is 10.1. The molecule has 3 nitrogen and oxygen atoms in total. The van der Waals surface area contributed by atoms with Gasteiger partial charge in [-0.2, -0.15) is 11.8 Å². The van der Waals surface area contributed by atoms with Crippen molar-refractivity contribution in [3.8, 4) is 5.75 Å². The van der Waals surface area contributed by atoms with Crippen molar-refractivity contribution in [3.05, 3.63) is 23.8 Å². The zero-order valence-corrected chi connectivity index (χ0v) is 13.4. The number of hydrogen-bond donors (Lipinski definition) is 1. The summed E-state index contributed by atoms with van der Waals surface area (Å²) in [5.41, 5.74) is 1.90. The topological polar surface area (TPSA) is 38.3 Å². The molecule has 5 heteroatoms. The molecule has 1 amide bonds. The van der Waals surface area contributed by atoms with Crippen molar-refractivity contribution in [3.63, 3.8) is 0 Å². The molecular weight excluding hydrogens is 326 g/mol. The summed E-state index contributed by atoms with van der Waals surface area (Å²) in [5, 5.41) is 3.71. The smallest absolute Gasteiger partial charge is 0.228 e. The second kappa shape index (κ2) is 7.20. The summed E-state index contributed by atoms with van der Waals surface area (Å²) in [4.78, 5) is 12.1. The first-order valence-electron chi connectivity index (χ1n) is 6.45. The minimum Gasteiger partial charge on any atom is -0.494 e. The molecule has 19 heavy (non-hydrogen) atoms. The fourth-order valence-corrected chi connectivity index (χ4v) is 3.70. The van der Waals surface area contributed by atoms with Gasteiger partial charge in [-0.15, -0.1) is 0 Å². The predicted octanol–water partition coefficient (Wildman–Crippen LogP) is 3.67. The Balaban J connectivity index is 2.05. The van der Waals surface area contributed by atoms with E-state index in [0.717, 1.165) is 34.9 Å². The molecule has 1 aliphatic rings. The van der Waals surface area contributed by atoms with Crippen LogP contribution in [0.3, 0.4) is 0 Å². The number of halogens is 1. The van der Waals surface area contributed by atoms with Crippen LogP contribution in [0, 0.1) is 5.92 Å². The maximum atomic E-state index is 12.1. The number of carbonyl (C=O) groups excluding carboxylic acids is 1. The molecule has 2 rings (SSSR count). The van der Waals surface area contributed by atoms with Gasteiger partial charge in [-0.25, -0.2) is 0 Å². The van der Waals surface area contributed by atoms with Crippen molar-refractivity contribution >= 4 is 39.3 Å². The molecule has 1 saturated heterocycles. The minimum absolute atomic E-state index is 0.134. The van der Waals surface area contributed by atoms with Crippen molar-refractivity contribution in [2.75, 3.05) is 23.4 Å². The van der Waals surface area contributed by atoms with E-state index >= 15 is 0 Å². The summed E-state index contributed by atoms with van der Waals surface area (Å²) in [5.74, 6) is 3.19. The summed E-state index contributed by atoms with van der Waals surface area (Å²) in [6.07, 6.45) is 0.985.